The van der Waals surface area contributed by atoms with Gasteiger partial charge < -0.3 is 9.15 Å². The number of aliphatic imine (C=N–C) groups is 1. The molecule has 1 aliphatic heterocycles. The number of esters is 1. The zero-order valence-corrected chi connectivity index (χ0v) is 15.8. The van der Waals surface area contributed by atoms with Crippen LogP contribution in [0.25, 0.3) is 17.4 Å². The summed E-state index contributed by atoms with van der Waals surface area (Å²) in [5.74, 6) is 0.519. The van der Waals surface area contributed by atoms with Gasteiger partial charge in [-0.25, -0.2) is 9.79 Å². The molecule has 29 heavy (non-hydrogen) atoms. The van der Waals surface area contributed by atoms with Crippen LogP contribution in [0.5, 0.6) is 0 Å². The number of furan rings is 1. The second kappa shape index (κ2) is 7.37. The van der Waals surface area contributed by atoms with Crippen LogP contribution in [0.2, 0.25) is 5.02 Å². The number of aryl methyl sites for hydroxylation is 1. The van der Waals surface area contributed by atoms with Gasteiger partial charge in [0.2, 0.25) is 5.90 Å². The summed E-state index contributed by atoms with van der Waals surface area (Å²) in [6.07, 6.45) is 1.48. The van der Waals surface area contributed by atoms with E-state index in [1.54, 1.807) is 37.3 Å². The molecule has 2 aromatic carbocycles. The maximum Gasteiger partial charge on any atom is 0.363 e. The van der Waals surface area contributed by atoms with Crippen LogP contribution in [0.4, 0.5) is 5.69 Å². The third-order valence-corrected chi connectivity index (χ3v) is 4.55. The van der Waals surface area contributed by atoms with E-state index in [2.05, 4.69) is 4.99 Å². The molecule has 1 aliphatic rings. The van der Waals surface area contributed by atoms with Crippen molar-refractivity contribution in [1.82, 2.24) is 0 Å². The van der Waals surface area contributed by atoms with Crippen molar-refractivity contribution in [3.63, 3.8) is 0 Å². The molecule has 0 radical (unpaired) electrons. The van der Waals surface area contributed by atoms with Crippen LogP contribution in [-0.4, -0.2) is 16.8 Å². The fourth-order valence-electron chi connectivity index (χ4n) is 2.86. The first-order valence-corrected chi connectivity index (χ1v) is 8.92. The predicted octanol–water partition coefficient (Wildman–Crippen LogP) is 5.16. The Kier molecular flexibility index (Phi) is 4.74. The van der Waals surface area contributed by atoms with Gasteiger partial charge in [-0.3, -0.25) is 10.1 Å². The van der Waals surface area contributed by atoms with Crippen LogP contribution in [0.15, 0.2) is 69.7 Å². The van der Waals surface area contributed by atoms with Gasteiger partial charge in [-0.15, -0.1) is 0 Å². The van der Waals surface area contributed by atoms with Crippen LogP contribution in [-0.2, 0) is 9.53 Å². The molecule has 3 aromatic rings. The number of carbonyl (C=O) groups is 1. The lowest BCUT2D eigenvalue weighted by atomic mass is 10.1. The van der Waals surface area contributed by atoms with Gasteiger partial charge in [0.15, 0.2) is 5.70 Å². The molecule has 0 fully saturated rings. The van der Waals surface area contributed by atoms with Gasteiger partial charge in [0.25, 0.3) is 5.69 Å². The zero-order chi connectivity index (χ0) is 20.5. The number of nitro groups is 1. The van der Waals surface area contributed by atoms with Gasteiger partial charge in [-0.05, 0) is 55.5 Å². The Balaban J connectivity index is 1.61. The Labute approximate surface area is 170 Å². The van der Waals surface area contributed by atoms with E-state index in [-0.39, 0.29) is 17.3 Å². The number of nitrogens with zero attached hydrogens (tertiary/aromatic N) is 2. The minimum absolute atomic E-state index is 0.0141. The maximum atomic E-state index is 12.2. The fraction of sp³-hybridized carbons (Fsp3) is 0.0476. The molecule has 0 aliphatic carbocycles. The topological polar surface area (TPSA) is 94.9 Å². The summed E-state index contributed by atoms with van der Waals surface area (Å²) in [6.45, 7) is 1.61. The van der Waals surface area contributed by atoms with E-state index in [0.717, 1.165) is 5.56 Å². The second-order valence-corrected chi connectivity index (χ2v) is 6.74. The number of cyclic esters (lactones) is 1. The zero-order valence-electron chi connectivity index (χ0n) is 15.1. The van der Waals surface area contributed by atoms with Gasteiger partial charge in [0, 0.05) is 33.9 Å². The Morgan fingerprint density at radius 1 is 1.07 bits per heavy atom. The number of rotatable bonds is 4. The highest BCUT2D eigenvalue weighted by atomic mass is 35.5. The molecule has 0 saturated carbocycles. The monoisotopic (exact) mass is 408 g/mol. The number of benzene rings is 2. The molecule has 0 unspecified atom stereocenters. The lowest BCUT2D eigenvalue weighted by Crippen LogP contribution is -2.06. The van der Waals surface area contributed by atoms with Crippen molar-refractivity contribution in [1.29, 1.82) is 0 Å². The van der Waals surface area contributed by atoms with Crippen molar-refractivity contribution < 1.29 is 18.9 Å². The molecule has 1 aromatic heterocycles. The molecule has 2 heterocycles. The first-order chi connectivity index (χ1) is 13.9. The molecule has 4 rings (SSSR count). The van der Waals surface area contributed by atoms with Crippen LogP contribution >= 0.6 is 11.6 Å². The molecular formula is C21H13ClN2O5. The highest BCUT2D eigenvalue weighted by Gasteiger charge is 2.25. The summed E-state index contributed by atoms with van der Waals surface area (Å²) >= 11 is 5.89. The molecule has 0 N–H and O–H groups in total. The van der Waals surface area contributed by atoms with Crippen molar-refractivity contribution in [2.45, 2.75) is 6.92 Å². The molecule has 0 saturated heterocycles. The first kappa shape index (κ1) is 18.6. The Hall–Kier alpha value is -3.71. The lowest BCUT2D eigenvalue weighted by molar-refractivity contribution is -0.385. The number of hydrogen-bond acceptors (Lipinski definition) is 6. The minimum atomic E-state index is -0.625. The first-order valence-electron chi connectivity index (χ1n) is 8.54. The third kappa shape index (κ3) is 3.81. The predicted molar refractivity (Wildman–Crippen MR) is 108 cm³/mol. The van der Waals surface area contributed by atoms with E-state index in [4.69, 9.17) is 20.8 Å². The number of carbonyl (C=O) groups excluding carboxylic acids is 1. The average Bonchev–Trinajstić information content (AvgIpc) is 3.29. The lowest BCUT2D eigenvalue weighted by Gasteiger charge is -2.01. The van der Waals surface area contributed by atoms with E-state index in [1.807, 2.05) is 12.1 Å². The minimum Gasteiger partial charge on any atom is -0.457 e. The molecule has 0 amide bonds. The highest BCUT2D eigenvalue weighted by Crippen LogP contribution is 2.27. The average molecular weight is 409 g/mol. The number of halogens is 1. The summed E-state index contributed by atoms with van der Waals surface area (Å²) in [6, 6.07) is 15.1. The van der Waals surface area contributed by atoms with Crippen LogP contribution < -0.4 is 0 Å². The van der Waals surface area contributed by atoms with Gasteiger partial charge in [-0.1, -0.05) is 11.6 Å². The highest BCUT2D eigenvalue weighted by molar-refractivity contribution is 6.30. The van der Waals surface area contributed by atoms with Gasteiger partial charge in [0.1, 0.15) is 11.5 Å². The summed E-state index contributed by atoms with van der Waals surface area (Å²) in [4.78, 5) is 26.8. The van der Waals surface area contributed by atoms with Crippen molar-refractivity contribution >= 4 is 35.2 Å². The Morgan fingerprint density at radius 3 is 2.48 bits per heavy atom. The maximum absolute atomic E-state index is 12.2. The fourth-order valence-corrected chi connectivity index (χ4v) is 2.99. The van der Waals surface area contributed by atoms with Crippen molar-refractivity contribution in [2.24, 2.45) is 4.99 Å². The van der Waals surface area contributed by atoms with Crippen LogP contribution in [0.1, 0.15) is 16.9 Å². The van der Waals surface area contributed by atoms with E-state index < -0.39 is 10.9 Å². The number of nitro benzene ring substituents is 1. The van der Waals surface area contributed by atoms with Crippen LogP contribution in [0.3, 0.4) is 0 Å². The van der Waals surface area contributed by atoms with Crippen molar-refractivity contribution in [3.05, 3.63) is 92.3 Å². The SMILES string of the molecule is Cc1cc(C2=N/C(=C\c3ccc(-c4ccc(Cl)cc4)o3)C(=O)O2)ccc1[N+](=O)[O-]. The standard InChI is InChI=1S/C21H13ClN2O5/c1-12-10-14(4-8-18(12)24(26)27)20-23-17(21(25)29-20)11-16-7-9-19(28-16)13-2-5-15(22)6-3-13/h2-11H,1H3/b17-11-. The molecule has 8 heteroatoms. The third-order valence-electron chi connectivity index (χ3n) is 4.30. The van der Waals surface area contributed by atoms with Crippen molar-refractivity contribution in [3.8, 4) is 11.3 Å². The summed E-state index contributed by atoms with van der Waals surface area (Å²) < 4.78 is 11.0. The van der Waals surface area contributed by atoms with E-state index in [1.165, 1.54) is 18.2 Å². The van der Waals surface area contributed by atoms with Gasteiger partial charge >= 0.3 is 5.97 Å². The molecule has 144 valence electrons. The molecule has 7 nitrogen and oxygen atoms in total. The largest absolute Gasteiger partial charge is 0.457 e. The normalized spacial score (nSPS) is 14.8. The molecular weight excluding hydrogens is 396 g/mol. The van der Waals surface area contributed by atoms with Gasteiger partial charge in [-0.2, -0.15) is 0 Å². The Bertz CT molecular complexity index is 1190. The number of hydrogen-bond donors (Lipinski definition) is 0. The molecule has 0 atom stereocenters. The summed E-state index contributed by atoms with van der Waals surface area (Å²) in [5.41, 5.74) is 1.83. The smallest absolute Gasteiger partial charge is 0.363 e. The van der Waals surface area contributed by atoms with Crippen LogP contribution in [0, 0.1) is 17.0 Å². The summed E-state index contributed by atoms with van der Waals surface area (Å²) in [5, 5.41) is 11.6. The van der Waals surface area contributed by atoms with E-state index >= 15 is 0 Å². The summed E-state index contributed by atoms with van der Waals surface area (Å²) in [7, 11) is 0. The number of ether oxygens (including phenoxy) is 1. The van der Waals surface area contributed by atoms with Gasteiger partial charge in [0.05, 0.1) is 4.92 Å². The quantitative estimate of drug-likeness (QED) is 0.257. The second-order valence-electron chi connectivity index (χ2n) is 6.30. The molecule has 0 spiro atoms. The van der Waals surface area contributed by atoms with Crippen molar-refractivity contribution in [2.75, 3.05) is 0 Å². The Morgan fingerprint density at radius 2 is 1.79 bits per heavy atom. The molecule has 0 bridgehead atoms. The van der Waals surface area contributed by atoms with E-state index in [0.29, 0.717) is 27.7 Å². The van der Waals surface area contributed by atoms with E-state index in [9.17, 15) is 14.9 Å².